The summed E-state index contributed by atoms with van der Waals surface area (Å²) in [6.07, 6.45) is 1.04. The van der Waals surface area contributed by atoms with Gasteiger partial charge >= 0.3 is 0 Å². The van der Waals surface area contributed by atoms with Gasteiger partial charge in [0.05, 0.1) is 17.1 Å². The molecule has 0 aliphatic rings. The molecule has 0 saturated carbocycles. The summed E-state index contributed by atoms with van der Waals surface area (Å²) >= 11 is 3.19. The Kier molecular flexibility index (Phi) is 5.70. The van der Waals surface area contributed by atoms with Crippen LogP contribution in [0.1, 0.15) is 16.7 Å². The molecule has 0 fully saturated rings. The van der Waals surface area contributed by atoms with Crippen LogP contribution in [0.4, 0.5) is 0 Å². The number of rotatable bonds is 6. The number of aliphatic hydroxyl groups excluding tert-OH is 1. The Labute approximate surface area is 170 Å². The first-order valence-corrected chi connectivity index (χ1v) is 10.5. The molecule has 0 spiro atoms. The van der Waals surface area contributed by atoms with Gasteiger partial charge in [-0.2, -0.15) is 0 Å². The lowest BCUT2D eigenvalue weighted by Crippen LogP contribution is -2.38. The molecule has 0 radical (unpaired) electrons. The average Bonchev–Trinajstić information content (AvgIpc) is 3.47. The molecule has 28 heavy (non-hydrogen) atoms. The third kappa shape index (κ3) is 4.24. The topological polar surface area (TPSA) is 82.7 Å². The molecule has 3 heterocycles. The van der Waals surface area contributed by atoms with Crippen molar-refractivity contribution in [1.29, 1.82) is 0 Å². The van der Waals surface area contributed by atoms with E-state index in [4.69, 9.17) is 4.42 Å². The average molecular weight is 413 g/mol. The van der Waals surface area contributed by atoms with Crippen molar-refractivity contribution in [3.63, 3.8) is 0 Å². The fourth-order valence-electron chi connectivity index (χ4n) is 2.76. The molecule has 3 N–H and O–H groups in total. The lowest BCUT2D eigenvalue weighted by Gasteiger charge is -2.14. The summed E-state index contributed by atoms with van der Waals surface area (Å²) in [5.41, 5.74) is 0.788. The van der Waals surface area contributed by atoms with Gasteiger partial charge in [-0.1, -0.05) is 24.3 Å². The Morgan fingerprint density at radius 1 is 1.25 bits per heavy atom. The molecule has 1 atom stereocenters. The van der Waals surface area contributed by atoms with Gasteiger partial charge in [0.2, 0.25) is 5.89 Å². The van der Waals surface area contributed by atoms with E-state index in [1.807, 2.05) is 35.7 Å². The molecule has 4 aromatic rings. The second-order valence-corrected chi connectivity index (χ2v) is 8.19. The highest BCUT2D eigenvalue weighted by Crippen LogP contribution is 2.29. The van der Waals surface area contributed by atoms with Gasteiger partial charge in [0.25, 0.3) is 0 Å². The van der Waals surface area contributed by atoms with E-state index >= 15 is 0 Å². The van der Waals surface area contributed by atoms with Crippen LogP contribution in [-0.4, -0.2) is 29.6 Å². The number of nitrogens with one attached hydrogen (secondary N) is 2. The van der Waals surface area contributed by atoms with Gasteiger partial charge in [0.1, 0.15) is 12.4 Å². The predicted molar refractivity (Wildman–Crippen MR) is 115 cm³/mol. The molecule has 3 aromatic heterocycles. The Bertz CT molecular complexity index is 1040. The largest absolute Gasteiger partial charge is 0.443 e. The summed E-state index contributed by atoms with van der Waals surface area (Å²) < 4.78 is 6.69. The fraction of sp³-hybridized carbons (Fsp3) is 0.200. The van der Waals surface area contributed by atoms with Crippen molar-refractivity contribution in [1.82, 2.24) is 15.6 Å². The minimum Gasteiger partial charge on any atom is -0.443 e. The van der Waals surface area contributed by atoms with E-state index in [1.165, 1.54) is 4.70 Å². The molecule has 0 aliphatic carbocycles. The van der Waals surface area contributed by atoms with Crippen LogP contribution in [0.3, 0.4) is 0 Å². The zero-order chi connectivity index (χ0) is 19.3. The van der Waals surface area contributed by atoms with E-state index in [1.54, 1.807) is 36.0 Å². The minimum absolute atomic E-state index is 0.367. The Morgan fingerprint density at radius 2 is 2.14 bits per heavy atom. The van der Waals surface area contributed by atoms with Gasteiger partial charge in [-0.15, -0.1) is 22.7 Å². The second kappa shape index (κ2) is 8.55. The molecule has 0 bridgehead atoms. The SMILES string of the molecule is CN=C(NCc1coc(-c2cccs2)n1)NCC(O)c1cc2ccccc2s1. The van der Waals surface area contributed by atoms with Crippen molar-refractivity contribution in [2.45, 2.75) is 12.6 Å². The number of benzene rings is 1. The summed E-state index contributed by atoms with van der Waals surface area (Å²) in [7, 11) is 1.70. The Balaban J connectivity index is 1.31. The number of aromatic nitrogens is 1. The smallest absolute Gasteiger partial charge is 0.236 e. The van der Waals surface area contributed by atoms with Gasteiger partial charge in [-0.05, 0) is 29.0 Å². The molecule has 144 valence electrons. The number of oxazole rings is 1. The van der Waals surface area contributed by atoms with Crippen LogP contribution in [0.15, 0.2) is 63.5 Å². The highest BCUT2D eigenvalue weighted by molar-refractivity contribution is 7.19. The molecular formula is C20H20N4O2S2. The van der Waals surface area contributed by atoms with Gasteiger partial charge in [0, 0.05) is 23.2 Å². The standard InChI is InChI=1S/C20H20N4O2S2/c1-21-20(22-10-14-12-26-19(24-14)17-7-4-8-27-17)23-11-15(25)18-9-13-5-2-3-6-16(13)28-18/h2-9,12,15,25H,10-11H2,1H3,(H2,21,22,23). The maximum Gasteiger partial charge on any atom is 0.236 e. The number of aliphatic hydroxyl groups is 1. The van der Waals surface area contributed by atoms with E-state index in [9.17, 15) is 5.11 Å². The monoisotopic (exact) mass is 412 g/mol. The number of guanidine groups is 1. The van der Waals surface area contributed by atoms with Gasteiger partial charge in [-0.3, -0.25) is 4.99 Å². The Morgan fingerprint density at radius 3 is 2.93 bits per heavy atom. The number of fused-ring (bicyclic) bond motifs is 1. The molecule has 0 amide bonds. The van der Waals surface area contributed by atoms with Crippen molar-refractivity contribution in [3.05, 3.63) is 64.7 Å². The number of hydrogen-bond acceptors (Lipinski definition) is 6. The quantitative estimate of drug-likeness (QED) is 0.329. The second-order valence-electron chi connectivity index (χ2n) is 6.13. The van der Waals surface area contributed by atoms with E-state index in [0.717, 1.165) is 20.8 Å². The van der Waals surface area contributed by atoms with Crippen LogP contribution in [0, 0.1) is 0 Å². The highest BCUT2D eigenvalue weighted by atomic mass is 32.1. The van der Waals surface area contributed by atoms with E-state index in [2.05, 4.69) is 32.7 Å². The number of hydrogen-bond donors (Lipinski definition) is 3. The van der Waals surface area contributed by atoms with Crippen LogP contribution in [0.2, 0.25) is 0 Å². The molecule has 0 saturated heterocycles. The van der Waals surface area contributed by atoms with Crippen LogP contribution in [0.25, 0.3) is 20.9 Å². The van der Waals surface area contributed by atoms with Crippen molar-refractivity contribution >= 4 is 38.7 Å². The minimum atomic E-state index is -0.603. The Hall–Kier alpha value is -2.68. The zero-order valence-electron chi connectivity index (χ0n) is 15.3. The van der Waals surface area contributed by atoms with Crippen LogP contribution >= 0.6 is 22.7 Å². The van der Waals surface area contributed by atoms with Gasteiger partial charge < -0.3 is 20.2 Å². The number of nitrogens with zero attached hydrogens (tertiary/aromatic N) is 2. The zero-order valence-corrected chi connectivity index (χ0v) is 16.9. The van der Waals surface area contributed by atoms with E-state index < -0.39 is 6.10 Å². The molecule has 1 unspecified atom stereocenters. The lowest BCUT2D eigenvalue weighted by atomic mass is 10.2. The van der Waals surface area contributed by atoms with Crippen molar-refractivity contribution in [2.24, 2.45) is 4.99 Å². The molecule has 0 aliphatic heterocycles. The maximum absolute atomic E-state index is 10.5. The van der Waals surface area contributed by atoms with Crippen LogP contribution < -0.4 is 10.6 Å². The normalized spacial score (nSPS) is 13.0. The summed E-state index contributed by atoms with van der Waals surface area (Å²) in [4.78, 5) is 10.6. The molecular weight excluding hydrogens is 392 g/mol. The van der Waals surface area contributed by atoms with Crippen LogP contribution in [-0.2, 0) is 6.54 Å². The lowest BCUT2D eigenvalue weighted by molar-refractivity contribution is 0.184. The summed E-state index contributed by atoms with van der Waals surface area (Å²) in [5.74, 6) is 1.22. The van der Waals surface area contributed by atoms with Crippen molar-refractivity contribution in [3.8, 4) is 10.8 Å². The van der Waals surface area contributed by atoms with Gasteiger partial charge in [-0.25, -0.2) is 4.98 Å². The first kappa shape index (κ1) is 18.7. The number of thiophene rings is 2. The van der Waals surface area contributed by atoms with Crippen molar-refractivity contribution < 1.29 is 9.52 Å². The molecule has 8 heteroatoms. The molecule has 4 rings (SSSR count). The fourth-order valence-corrected chi connectivity index (χ4v) is 4.46. The third-order valence-corrected chi connectivity index (χ3v) is 6.26. The third-order valence-electron chi connectivity index (χ3n) is 4.18. The highest BCUT2D eigenvalue weighted by Gasteiger charge is 2.13. The van der Waals surface area contributed by atoms with Gasteiger partial charge in [0.15, 0.2) is 5.96 Å². The van der Waals surface area contributed by atoms with E-state index in [-0.39, 0.29) is 0 Å². The van der Waals surface area contributed by atoms with E-state index in [0.29, 0.717) is 24.9 Å². The van der Waals surface area contributed by atoms with Crippen LogP contribution in [0.5, 0.6) is 0 Å². The first-order chi connectivity index (χ1) is 13.7. The summed E-state index contributed by atoms with van der Waals surface area (Å²) in [6, 6.07) is 14.1. The maximum atomic E-state index is 10.5. The van der Waals surface area contributed by atoms with Crippen molar-refractivity contribution in [2.75, 3.05) is 13.6 Å². The molecule has 6 nitrogen and oxygen atoms in total. The first-order valence-electron chi connectivity index (χ1n) is 8.82. The predicted octanol–water partition coefficient (Wildman–Crippen LogP) is 4.02. The summed E-state index contributed by atoms with van der Waals surface area (Å²) in [5, 5.41) is 20.0. The summed E-state index contributed by atoms with van der Waals surface area (Å²) in [6.45, 7) is 0.847. The number of aliphatic imine (C=N–C) groups is 1. The molecule has 1 aromatic carbocycles.